The number of fused-ring (bicyclic) bond motifs is 2. The first kappa shape index (κ1) is 49.7. The summed E-state index contributed by atoms with van der Waals surface area (Å²) in [5.41, 5.74) is 1.64. The van der Waals surface area contributed by atoms with Crippen molar-refractivity contribution >= 4 is 75.1 Å². The largest absolute Gasteiger partial charge is 0.481 e. The van der Waals surface area contributed by atoms with E-state index in [9.17, 15) is 32.7 Å². The van der Waals surface area contributed by atoms with E-state index in [4.69, 9.17) is 32.7 Å². The van der Waals surface area contributed by atoms with Gasteiger partial charge in [-0.05, 0) is 99.6 Å². The number of likely N-dealkylation sites (tertiary alicyclic amines) is 2. The first-order chi connectivity index (χ1) is 34.8. The number of hydrogen-bond acceptors (Lipinski definition) is 13. The number of hydrogen-bond donors (Lipinski definition) is 5. The Kier molecular flexibility index (Phi) is 15.2. The zero-order valence-electron chi connectivity index (χ0n) is 38.6. The van der Waals surface area contributed by atoms with E-state index in [1.807, 2.05) is 0 Å². The van der Waals surface area contributed by atoms with Crippen LogP contribution in [0.1, 0.15) is 57.8 Å². The molecule has 10 rings (SSSR count). The quantitative estimate of drug-likeness (QED) is 0.0767. The van der Waals surface area contributed by atoms with Crippen molar-refractivity contribution in [3.05, 3.63) is 101 Å². The molecule has 72 heavy (non-hydrogen) atoms. The summed E-state index contributed by atoms with van der Waals surface area (Å²) in [6.45, 7) is 2.79. The van der Waals surface area contributed by atoms with Crippen LogP contribution in [0, 0.1) is 29.3 Å². The molecule has 1 aromatic carbocycles. The van der Waals surface area contributed by atoms with Gasteiger partial charge in [0.1, 0.15) is 28.5 Å². The maximum absolute atomic E-state index is 14.6. The average molecular weight is 1030 g/mol. The van der Waals surface area contributed by atoms with Crippen molar-refractivity contribution < 1.29 is 42.1 Å². The Morgan fingerprint density at radius 3 is 1.71 bits per heavy atom. The van der Waals surface area contributed by atoms with E-state index >= 15 is 0 Å². The Bertz CT molecular complexity index is 3080. The summed E-state index contributed by atoms with van der Waals surface area (Å²) in [5, 5.41) is 17.8. The first-order valence-electron chi connectivity index (χ1n) is 23.5. The Morgan fingerprint density at radius 1 is 0.708 bits per heavy atom. The SMILES string of the molecule is O=C(O)CC1(OC(=O)N2CCCC(CNc3nc(-c4c[nH]c5ncc(Cl)cc45)ncc3F)C2)CCCC1.O=C(Oc1ccc(F)cc1)N1CCCC(CNc2nc(-c3c[nH]c4ncc(Cl)cc34)ncc2F)C1. The van der Waals surface area contributed by atoms with Gasteiger partial charge in [-0.3, -0.25) is 4.79 Å². The number of piperidine rings is 2. The Hall–Kier alpha value is -7.26. The summed E-state index contributed by atoms with van der Waals surface area (Å²) in [6.07, 6.45) is 13.7. The summed E-state index contributed by atoms with van der Waals surface area (Å²) >= 11 is 12.2. The van der Waals surface area contributed by atoms with E-state index in [-0.39, 0.29) is 35.6 Å². The highest BCUT2D eigenvalue weighted by Crippen LogP contribution is 2.37. The lowest BCUT2D eigenvalue weighted by molar-refractivity contribution is -0.142. The van der Waals surface area contributed by atoms with Crippen molar-refractivity contribution in [2.24, 2.45) is 11.8 Å². The van der Waals surface area contributed by atoms with E-state index in [1.54, 1.807) is 34.3 Å². The van der Waals surface area contributed by atoms with E-state index < -0.39 is 41.2 Å². The fourth-order valence-corrected chi connectivity index (χ4v) is 9.69. The summed E-state index contributed by atoms with van der Waals surface area (Å²) in [5.74, 6) is -1.32. The van der Waals surface area contributed by atoms with Gasteiger partial charge in [0.2, 0.25) is 0 Å². The second-order valence-corrected chi connectivity index (χ2v) is 19.0. The molecule has 1 saturated carbocycles. The van der Waals surface area contributed by atoms with E-state index in [0.717, 1.165) is 61.7 Å². The van der Waals surface area contributed by atoms with Crippen LogP contribution in [0.3, 0.4) is 0 Å². The van der Waals surface area contributed by atoms with Crippen LogP contribution in [-0.4, -0.2) is 118 Å². The number of carbonyl (C=O) groups excluding carboxylic acids is 2. The standard InChI is InChI=1S/C25H28ClFN6O4.C24H21ClF2N6O2/c26-16-8-17-18(12-30-21(17)29-11-16)22-31-13-19(27)23(32-22)28-10-15-4-3-7-33(14-15)24(36)37-25(9-20(34)35)5-1-2-6-25;25-15-8-18-19(11-30-21(18)29-10-15)22-31-12-20(27)23(32-22)28-9-14-2-1-7-33(13-14)24(34)35-17-5-3-16(26)4-6-17/h8,11-13,15H,1-7,9-10,14H2,(H,29,30)(H,34,35)(H,28,31,32);3-6,8,10-12,14H,1-2,7,9,13H2,(H,29,30)(H,28,31,32). The number of carboxylic acid groups (broad SMARTS) is 1. The highest BCUT2D eigenvalue weighted by molar-refractivity contribution is 6.31. The van der Waals surface area contributed by atoms with Crippen molar-refractivity contribution in [1.82, 2.24) is 49.7 Å². The van der Waals surface area contributed by atoms with Crippen LogP contribution in [0.4, 0.5) is 34.4 Å². The lowest BCUT2D eigenvalue weighted by Gasteiger charge is -2.36. The van der Waals surface area contributed by atoms with Crippen LogP contribution < -0.4 is 15.4 Å². The second-order valence-electron chi connectivity index (χ2n) is 18.1. The van der Waals surface area contributed by atoms with E-state index in [0.29, 0.717) is 96.2 Å². The Balaban J connectivity index is 0.000000178. The van der Waals surface area contributed by atoms with Gasteiger partial charge < -0.3 is 45.0 Å². The van der Waals surface area contributed by atoms with Gasteiger partial charge in [0.25, 0.3) is 0 Å². The molecule has 2 atom stereocenters. The lowest BCUT2D eigenvalue weighted by atomic mass is 9.97. The molecular formula is C49H49Cl2F3N12O6. The van der Waals surface area contributed by atoms with Crippen molar-refractivity contribution in [3.8, 4) is 28.5 Å². The number of H-pyrrole nitrogens is 2. The Morgan fingerprint density at radius 2 is 1.21 bits per heavy atom. The van der Waals surface area contributed by atoms with E-state index in [1.165, 1.54) is 36.7 Å². The van der Waals surface area contributed by atoms with Gasteiger partial charge in [0.15, 0.2) is 34.9 Å². The zero-order chi connectivity index (χ0) is 50.4. The van der Waals surface area contributed by atoms with Crippen LogP contribution >= 0.6 is 23.2 Å². The summed E-state index contributed by atoms with van der Waals surface area (Å²) in [7, 11) is 0. The number of carboxylic acids is 1. The molecule has 2 aliphatic heterocycles. The third-order valence-corrected chi connectivity index (χ3v) is 13.4. The minimum absolute atomic E-state index is 0.0502. The maximum Gasteiger partial charge on any atom is 0.415 e. The number of anilines is 2. The molecule has 2 saturated heterocycles. The number of aromatic nitrogens is 8. The van der Waals surface area contributed by atoms with Crippen molar-refractivity contribution in [2.45, 2.75) is 63.4 Å². The molecule has 3 fully saturated rings. The number of nitrogens with zero attached hydrogens (tertiary/aromatic N) is 8. The van der Waals surface area contributed by atoms with Crippen LogP contribution in [-0.2, 0) is 9.53 Å². The predicted molar refractivity (Wildman–Crippen MR) is 262 cm³/mol. The number of pyridine rings is 2. The average Bonchev–Trinajstić information content (AvgIpc) is 4.13. The zero-order valence-corrected chi connectivity index (χ0v) is 40.2. The number of ether oxygens (including phenoxy) is 2. The predicted octanol–water partition coefficient (Wildman–Crippen LogP) is 10.1. The lowest BCUT2D eigenvalue weighted by Crippen LogP contribution is -2.46. The van der Waals surface area contributed by atoms with Gasteiger partial charge in [-0.15, -0.1) is 0 Å². The number of halogens is 5. The molecule has 0 radical (unpaired) electrons. The van der Waals surface area contributed by atoms with Gasteiger partial charge in [-0.1, -0.05) is 23.2 Å². The van der Waals surface area contributed by atoms with Crippen molar-refractivity contribution in [2.75, 3.05) is 49.9 Å². The molecule has 6 aromatic heterocycles. The highest BCUT2D eigenvalue weighted by Gasteiger charge is 2.41. The molecule has 7 aromatic rings. The fraction of sp³-hybridized carbons (Fsp3) is 0.367. The third-order valence-electron chi connectivity index (χ3n) is 12.9. The number of aromatic amines is 2. The molecule has 376 valence electrons. The van der Waals surface area contributed by atoms with Crippen LogP contribution in [0.25, 0.3) is 44.8 Å². The number of benzene rings is 1. The topological polar surface area (TPSA) is 229 Å². The molecule has 5 N–H and O–H groups in total. The smallest absolute Gasteiger partial charge is 0.415 e. The Labute approximate surface area is 420 Å². The minimum atomic E-state index is -0.964. The number of amides is 2. The summed E-state index contributed by atoms with van der Waals surface area (Å²) in [4.78, 5) is 71.6. The molecule has 8 heterocycles. The van der Waals surface area contributed by atoms with Crippen LogP contribution in [0.15, 0.2) is 73.6 Å². The molecule has 1 aliphatic carbocycles. The minimum Gasteiger partial charge on any atom is -0.481 e. The number of aliphatic carboxylic acids is 1. The molecule has 2 amide bonds. The normalized spacial score (nSPS) is 17.6. The molecule has 0 spiro atoms. The first-order valence-corrected chi connectivity index (χ1v) is 24.2. The van der Waals surface area contributed by atoms with Gasteiger partial charge >= 0.3 is 18.2 Å². The van der Waals surface area contributed by atoms with Crippen LogP contribution in [0.5, 0.6) is 5.75 Å². The second kappa shape index (κ2) is 22.0. The molecule has 0 bridgehead atoms. The highest BCUT2D eigenvalue weighted by atomic mass is 35.5. The number of carbonyl (C=O) groups is 3. The summed E-state index contributed by atoms with van der Waals surface area (Å²) in [6, 6.07) is 8.77. The number of rotatable bonds is 12. The van der Waals surface area contributed by atoms with Gasteiger partial charge in [-0.2, -0.15) is 0 Å². The maximum atomic E-state index is 14.6. The summed E-state index contributed by atoms with van der Waals surface area (Å²) < 4.78 is 53.2. The fourth-order valence-electron chi connectivity index (χ4n) is 9.37. The van der Waals surface area contributed by atoms with Gasteiger partial charge in [-0.25, -0.2) is 52.7 Å². The van der Waals surface area contributed by atoms with Gasteiger partial charge in [0, 0.05) is 86.0 Å². The molecule has 23 heteroatoms. The van der Waals surface area contributed by atoms with E-state index in [2.05, 4.69) is 50.5 Å². The van der Waals surface area contributed by atoms with Gasteiger partial charge in [0.05, 0.1) is 28.9 Å². The molecule has 2 unspecified atom stereocenters. The molecule has 18 nitrogen and oxygen atoms in total. The van der Waals surface area contributed by atoms with Crippen LogP contribution in [0.2, 0.25) is 10.0 Å². The van der Waals surface area contributed by atoms with Crippen molar-refractivity contribution in [3.63, 3.8) is 0 Å². The molecular weight excluding hydrogens is 981 g/mol. The number of nitrogens with one attached hydrogen (secondary N) is 4. The van der Waals surface area contributed by atoms with Crippen molar-refractivity contribution in [1.29, 1.82) is 0 Å². The monoisotopic (exact) mass is 1030 g/mol. The third kappa shape index (κ3) is 11.9. The molecule has 3 aliphatic rings.